The van der Waals surface area contributed by atoms with Crippen LogP contribution in [0.3, 0.4) is 0 Å². The average molecular weight is 300 g/mol. The van der Waals surface area contributed by atoms with Gasteiger partial charge in [-0.25, -0.2) is 0 Å². The van der Waals surface area contributed by atoms with Crippen LogP contribution in [0.4, 0.5) is 5.69 Å². The van der Waals surface area contributed by atoms with Crippen molar-refractivity contribution in [2.45, 2.75) is 17.0 Å². The van der Waals surface area contributed by atoms with E-state index in [0.717, 1.165) is 20.3 Å². The summed E-state index contributed by atoms with van der Waals surface area (Å²) in [5.74, 6) is 0.867. The number of aryl methyl sites for hydroxylation is 1. The molecule has 0 fully saturated rings. The molecule has 0 aliphatic carbocycles. The Morgan fingerprint density at radius 1 is 1.38 bits per heavy atom. The Kier molecular flexibility index (Phi) is 3.15. The zero-order valence-corrected chi connectivity index (χ0v) is 11.2. The molecule has 2 aromatic heterocycles. The van der Waals surface area contributed by atoms with E-state index in [0.29, 0.717) is 5.69 Å². The van der Waals surface area contributed by atoms with Crippen LogP contribution < -0.4 is 5.73 Å². The third-order valence-corrected chi connectivity index (χ3v) is 4.19. The van der Waals surface area contributed by atoms with Crippen molar-refractivity contribution in [3.63, 3.8) is 0 Å². The molecule has 0 saturated heterocycles. The van der Waals surface area contributed by atoms with Gasteiger partial charge in [-0.3, -0.25) is 4.98 Å². The third kappa shape index (κ3) is 2.05. The first-order valence-electron chi connectivity index (χ1n) is 4.52. The Balaban J connectivity index is 2.38. The predicted octanol–water partition coefficient (Wildman–Crippen LogP) is 2.01. The Labute approximate surface area is 106 Å². The summed E-state index contributed by atoms with van der Waals surface area (Å²) in [7, 11) is 1.92. The molecule has 0 amide bonds. The molecule has 0 atom stereocenters. The van der Waals surface area contributed by atoms with E-state index in [4.69, 9.17) is 5.73 Å². The van der Waals surface area contributed by atoms with Crippen molar-refractivity contribution >= 4 is 33.4 Å². The maximum absolute atomic E-state index is 5.86. The first-order chi connectivity index (χ1) is 7.59. The quantitative estimate of drug-likeness (QED) is 0.919. The minimum Gasteiger partial charge on any atom is -0.397 e. The monoisotopic (exact) mass is 299 g/mol. The maximum Gasteiger partial charge on any atom is 0.195 e. The molecule has 7 heteroatoms. The predicted molar refractivity (Wildman–Crippen MR) is 66.2 cm³/mol. The number of hydrogen-bond donors (Lipinski definition) is 1. The van der Waals surface area contributed by atoms with E-state index in [2.05, 4.69) is 31.1 Å². The zero-order valence-electron chi connectivity index (χ0n) is 8.81. The molecular weight excluding hydrogens is 290 g/mol. The highest BCUT2D eigenvalue weighted by atomic mass is 79.9. The molecule has 2 heterocycles. The first-order valence-corrected chi connectivity index (χ1v) is 6.13. The molecule has 2 aromatic rings. The van der Waals surface area contributed by atoms with E-state index in [9.17, 15) is 0 Å². The molecule has 0 bridgehead atoms. The zero-order chi connectivity index (χ0) is 11.7. The summed E-state index contributed by atoms with van der Waals surface area (Å²) in [5.41, 5.74) is 6.48. The van der Waals surface area contributed by atoms with Crippen LogP contribution in [0.1, 0.15) is 5.82 Å². The molecule has 2 rings (SSSR count). The van der Waals surface area contributed by atoms with Crippen LogP contribution in [0.15, 0.2) is 26.9 Å². The Morgan fingerprint density at radius 3 is 2.69 bits per heavy atom. The van der Waals surface area contributed by atoms with Crippen LogP contribution in [0, 0.1) is 6.92 Å². The third-order valence-electron chi connectivity index (χ3n) is 2.13. The van der Waals surface area contributed by atoms with Gasteiger partial charge >= 0.3 is 0 Å². The molecule has 0 saturated carbocycles. The van der Waals surface area contributed by atoms with E-state index in [1.807, 2.05) is 18.5 Å². The number of anilines is 1. The van der Waals surface area contributed by atoms with Crippen molar-refractivity contribution < 1.29 is 0 Å². The van der Waals surface area contributed by atoms with Crippen molar-refractivity contribution in [2.75, 3.05) is 5.73 Å². The van der Waals surface area contributed by atoms with Crippen molar-refractivity contribution in [3.8, 4) is 0 Å². The number of hydrogen-bond acceptors (Lipinski definition) is 5. The number of nitrogens with zero attached hydrogens (tertiary/aromatic N) is 4. The fourth-order valence-corrected chi connectivity index (χ4v) is 2.56. The van der Waals surface area contributed by atoms with Crippen molar-refractivity contribution in [3.05, 3.63) is 22.7 Å². The second kappa shape index (κ2) is 4.42. The molecule has 2 N–H and O–H groups in total. The van der Waals surface area contributed by atoms with Gasteiger partial charge in [-0.15, -0.1) is 10.2 Å². The Hall–Kier alpha value is -1.08. The average Bonchev–Trinajstić information content (AvgIpc) is 2.55. The van der Waals surface area contributed by atoms with Gasteiger partial charge in [0.15, 0.2) is 5.16 Å². The number of rotatable bonds is 2. The van der Waals surface area contributed by atoms with E-state index in [1.54, 1.807) is 12.4 Å². The van der Waals surface area contributed by atoms with Gasteiger partial charge in [-0.2, -0.15) is 0 Å². The minimum atomic E-state index is 0.625. The minimum absolute atomic E-state index is 0.625. The van der Waals surface area contributed by atoms with Gasteiger partial charge in [0, 0.05) is 13.2 Å². The molecule has 0 spiro atoms. The Bertz CT molecular complexity index is 504. The molecule has 0 aliphatic heterocycles. The molecule has 0 aromatic carbocycles. The maximum atomic E-state index is 5.86. The fraction of sp³-hybridized carbons (Fsp3) is 0.222. The summed E-state index contributed by atoms with van der Waals surface area (Å²) < 4.78 is 2.77. The van der Waals surface area contributed by atoms with Crippen LogP contribution >= 0.6 is 27.7 Å². The van der Waals surface area contributed by atoms with Gasteiger partial charge in [0.1, 0.15) is 5.82 Å². The SMILES string of the molecule is Cc1nnc(Sc2c(N)cncc2Br)n1C. The van der Waals surface area contributed by atoms with Gasteiger partial charge in [0.2, 0.25) is 0 Å². The van der Waals surface area contributed by atoms with Crippen LogP contribution in [-0.4, -0.2) is 19.7 Å². The number of aromatic nitrogens is 4. The van der Waals surface area contributed by atoms with Crippen molar-refractivity contribution in [1.82, 2.24) is 19.7 Å². The van der Waals surface area contributed by atoms with Crippen LogP contribution in [-0.2, 0) is 7.05 Å². The summed E-state index contributed by atoms with van der Waals surface area (Å²) in [4.78, 5) is 4.89. The molecular formula is C9H10BrN5S. The van der Waals surface area contributed by atoms with E-state index < -0.39 is 0 Å². The lowest BCUT2D eigenvalue weighted by Gasteiger charge is -2.06. The van der Waals surface area contributed by atoms with Crippen LogP contribution in [0.25, 0.3) is 0 Å². The van der Waals surface area contributed by atoms with Gasteiger partial charge in [0.05, 0.1) is 21.3 Å². The van der Waals surface area contributed by atoms with Crippen molar-refractivity contribution in [2.24, 2.45) is 7.05 Å². The lowest BCUT2D eigenvalue weighted by molar-refractivity contribution is 0.765. The lowest BCUT2D eigenvalue weighted by Crippen LogP contribution is -1.95. The highest BCUT2D eigenvalue weighted by molar-refractivity contribution is 9.10. The topological polar surface area (TPSA) is 69.6 Å². The van der Waals surface area contributed by atoms with Gasteiger partial charge in [-0.05, 0) is 34.6 Å². The fourth-order valence-electron chi connectivity index (χ4n) is 1.11. The van der Waals surface area contributed by atoms with E-state index in [1.165, 1.54) is 11.8 Å². The standard InChI is InChI=1S/C9H10BrN5S/c1-5-13-14-9(15(5)2)16-8-6(10)3-12-4-7(8)11/h3-4H,11H2,1-2H3. The molecule has 0 unspecified atom stereocenters. The highest BCUT2D eigenvalue weighted by Gasteiger charge is 2.12. The molecule has 0 radical (unpaired) electrons. The number of pyridine rings is 1. The summed E-state index contributed by atoms with van der Waals surface area (Å²) in [6, 6.07) is 0. The molecule has 84 valence electrons. The van der Waals surface area contributed by atoms with Crippen LogP contribution in [0.2, 0.25) is 0 Å². The number of nitrogens with two attached hydrogens (primary N) is 1. The molecule has 0 aliphatic rings. The molecule has 16 heavy (non-hydrogen) atoms. The second-order valence-corrected chi connectivity index (χ2v) is 5.06. The summed E-state index contributed by atoms with van der Waals surface area (Å²) in [6.45, 7) is 1.90. The van der Waals surface area contributed by atoms with Crippen molar-refractivity contribution in [1.29, 1.82) is 0 Å². The number of halogens is 1. The van der Waals surface area contributed by atoms with E-state index in [-0.39, 0.29) is 0 Å². The van der Waals surface area contributed by atoms with Gasteiger partial charge in [0.25, 0.3) is 0 Å². The summed E-state index contributed by atoms with van der Waals surface area (Å²) >= 11 is 4.88. The van der Waals surface area contributed by atoms with Gasteiger partial charge < -0.3 is 10.3 Å². The molecule has 5 nitrogen and oxygen atoms in total. The number of nitrogen functional groups attached to an aromatic ring is 1. The Morgan fingerprint density at radius 2 is 2.12 bits per heavy atom. The normalized spacial score (nSPS) is 10.7. The van der Waals surface area contributed by atoms with Gasteiger partial charge in [-0.1, -0.05) is 0 Å². The first kappa shape index (κ1) is 11.4. The summed E-state index contributed by atoms with van der Waals surface area (Å²) in [6.07, 6.45) is 3.33. The smallest absolute Gasteiger partial charge is 0.195 e. The lowest BCUT2D eigenvalue weighted by atomic mass is 10.4. The van der Waals surface area contributed by atoms with E-state index >= 15 is 0 Å². The largest absolute Gasteiger partial charge is 0.397 e. The summed E-state index contributed by atoms with van der Waals surface area (Å²) in [5, 5.41) is 8.87. The second-order valence-electron chi connectivity index (χ2n) is 3.23. The highest BCUT2D eigenvalue weighted by Crippen LogP contribution is 2.35. The van der Waals surface area contributed by atoms with Crippen LogP contribution in [0.5, 0.6) is 0 Å².